The molecule has 0 aliphatic rings. The van der Waals surface area contributed by atoms with Crippen molar-refractivity contribution in [1.82, 2.24) is 15.2 Å². The van der Waals surface area contributed by atoms with E-state index in [4.69, 9.17) is 5.73 Å². The lowest BCUT2D eigenvalue weighted by Gasteiger charge is -2.07. The van der Waals surface area contributed by atoms with Crippen LogP contribution in [0.15, 0.2) is 29.5 Å². The minimum atomic E-state index is -0.860. The van der Waals surface area contributed by atoms with Crippen molar-refractivity contribution in [2.24, 2.45) is 10.8 Å². The van der Waals surface area contributed by atoms with Crippen LogP contribution in [0.4, 0.5) is 8.78 Å². The molecule has 0 amide bonds. The summed E-state index contributed by atoms with van der Waals surface area (Å²) in [5, 5.41) is 7.53. The SMILES string of the molecule is COC(=O)c1cnn(-c2ccc(F)cc2F)c1/C=N\NC(N)=S. The van der Waals surface area contributed by atoms with Gasteiger partial charge in [0, 0.05) is 6.07 Å². The Morgan fingerprint density at radius 3 is 2.87 bits per heavy atom. The molecule has 7 nitrogen and oxygen atoms in total. The zero-order valence-electron chi connectivity index (χ0n) is 11.8. The van der Waals surface area contributed by atoms with E-state index < -0.39 is 17.6 Å². The molecule has 0 saturated carbocycles. The van der Waals surface area contributed by atoms with E-state index in [9.17, 15) is 13.6 Å². The molecule has 0 unspecified atom stereocenters. The average Bonchev–Trinajstić information content (AvgIpc) is 2.90. The second kappa shape index (κ2) is 6.92. The van der Waals surface area contributed by atoms with Crippen LogP contribution in [0.1, 0.15) is 16.1 Å². The quantitative estimate of drug-likeness (QED) is 0.375. The predicted octanol–water partition coefficient (Wildman–Crippen LogP) is 1.10. The van der Waals surface area contributed by atoms with Crippen molar-refractivity contribution in [1.29, 1.82) is 0 Å². The number of thiocarbonyl (C=S) groups is 1. The van der Waals surface area contributed by atoms with Gasteiger partial charge in [-0.1, -0.05) is 0 Å². The van der Waals surface area contributed by atoms with Gasteiger partial charge in [0.25, 0.3) is 0 Å². The first-order valence-electron chi connectivity index (χ1n) is 6.14. The van der Waals surface area contributed by atoms with Crippen molar-refractivity contribution < 1.29 is 18.3 Å². The number of carbonyl (C=O) groups is 1. The Kier molecular flexibility index (Phi) is 4.96. The number of hydrogen-bond acceptors (Lipinski definition) is 5. The molecule has 0 spiro atoms. The van der Waals surface area contributed by atoms with E-state index in [1.807, 2.05) is 0 Å². The fourth-order valence-corrected chi connectivity index (χ4v) is 1.80. The van der Waals surface area contributed by atoms with Crippen molar-refractivity contribution in [3.8, 4) is 5.69 Å². The summed E-state index contributed by atoms with van der Waals surface area (Å²) in [5.41, 5.74) is 7.60. The van der Waals surface area contributed by atoms with E-state index in [0.29, 0.717) is 6.07 Å². The van der Waals surface area contributed by atoms with Crippen molar-refractivity contribution in [2.45, 2.75) is 0 Å². The molecule has 1 aromatic heterocycles. The molecule has 120 valence electrons. The van der Waals surface area contributed by atoms with Crippen LogP contribution in [-0.4, -0.2) is 34.2 Å². The standard InChI is InChI=1S/C13H11F2N5O2S/c1-22-12(21)8-5-18-20(11(8)6-17-19-13(16)23)10-3-2-7(14)4-9(10)15/h2-6H,1H3,(H3,16,19,23)/b17-6-. The number of halogens is 2. The maximum Gasteiger partial charge on any atom is 0.341 e. The smallest absolute Gasteiger partial charge is 0.341 e. The first-order chi connectivity index (χ1) is 10.9. The Morgan fingerprint density at radius 2 is 2.26 bits per heavy atom. The van der Waals surface area contributed by atoms with Crippen LogP contribution in [0, 0.1) is 11.6 Å². The van der Waals surface area contributed by atoms with Crippen LogP contribution >= 0.6 is 12.2 Å². The van der Waals surface area contributed by atoms with Gasteiger partial charge in [0.2, 0.25) is 0 Å². The van der Waals surface area contributed by atoms with Crippen LogP contribution in [-0.2, 0) is 4.74 Å². The summed E-state index contributed by atoms with van der Waals surface area (Å²) >= 11 is 4.60. The molecule has 1 aromatic carbocycles. The third-order valence-electron chi connectivity index (χ3n) is 2.71. The molecule has 23 heavy (non-hydrogen) atoms. The zero-order chi connectivity index (χ0) is 17.0. The molecule has 0 aliphatic carbocycles. The molecule has 0 bridgehead atoms. The second-order valence-corrected chi connectivity index (χ2v) is 4.62. The fraction of sp³-hybridized carbons (Fsp3) is 0.0769. The Balaban J connectivity index is 2.54. The number of esters is 1. The van der Waals surface area contributed by atoms with E-state index in [-0.39, 0.29) is 22.1 Å². The van der Waals surface area contributed by atoms with E-state index in [0.717, 1.165) is 10.7 Å². The van der Waals surface area contributed by atoms with Crippen LogP contribution < -0.4 is 11.2 Å². The number of carbonyl (C=O) groups excluding carboxylic acids is 1. The monoisotopic (exact) mass is 339 g/mol. The maximum atomic E-state index is 13.9. The highest BCUT2D eigenvalue weighted by Crippen LogP contribution is 2.18. The molecule has 1 heterocycles. The molecule has 3 N–H and O–H groups in total. The number of ether oxygens (including phenoxy) is 1. The lowest BCUT2D eigenvalue weighted by molar-refractivity contribution is 0.0600. The van der Waals surface area contributed by atoms with Gasteiger partial charge in [0.15, 0.2) is 10.9 Å². The number of aromatic nitrogens is 2. The summed E-state index contributed by atoms with van der Waals surface area (Å²) in [6, 6.07) is 2.94. The highest BCUT2D eigenvalue weighted by atomic mass is 32.1. The van der Waals surface area contributed by atoms with Gasteiger partial charge in [-0.25, -0.2) is 18.3 Å². The van der Waals surface area contributed by atoms with Gasteiger partial charge in [-0.2, -0.15) is 10.2 Å². The number of hydrogen-bond donors (Lipinski definition) is 2. The van der Waals surface area contributed by atoms with E-state index >= 15 is 0 Å². The van der Waals surface area contributed by atoms with Crippen LogP contribution in [0.5, 0.6) is 0 Å². The molecular weight excluding hydrogens is 328 g/mol. The Hall–Kier alpha value is -2.88. The molecule has 0 saturated heterocycles. The number of benzene rings is 1. The molecule has 0 radical (unpaired) electrons. The average molecular weight is 339 g/mol. The van der Waals surface area contributed by atoms with Crippen molar-refractivity contribution in [3.63, 3.8) is 0 Å². The molecular formula is C13H11F2N5O2S. The number of nitrogens with zero attached hydrogens (tertiary/aromatic N) is 3. The summed E-state index contributed by atoms with van der Waals surface area (Å²) in [7, 11) is 1.19. The maximum absolute atomic E-state index is 13.9. The van der Waals surface area contributed by atoms with E-state index in [1.165, 1.54) is 25.6 Å². The topological polar surface area (TPSA) is 94.5 Å². The minimum absolute atomic E-state index is 0.0321. The van der Waals surface area contributed by atoms with Crippen molar-refractivity contribution in [3.05, 3.63) is 47.3 Å². The number of nitrogens with one attached hydrogen (secondary N) is 1. The lowest BCUT2D eigenvalue weighted by atomic mass is 10.2. The molecule has 0 fully saturated rings. The highest BCUT2D eigenvalue weighted by molar-refractivity contribution is 7.80. The van der Waals surface area contributed by atoms with Crippen molar-refractivity contribution >= 4 is 29.5 Å². The molecule has 0 atom stereocenters. The lowest BCUT2D eigenvalue weighted by Crippen LogP contribution is -2.24. The van der Waals surface area contributed by atoms with Crippen LogP contribution in [0.3, 0.4) is 0 Å². The van der Waals surface area contributed by atoms with E-state index in [2.05, 4.69) is 32.6 Å². The summed E-state index contributed by atoms with van der Waals surface area (Å²) in [5.74, 6) is -2.30. The summed E-state index contributed by atoms with van der Waals surface area (Å²) in [6.45, 7) is 0. The second-order valence-electron chi connectivity index (χ2n) is 4.18. The van der Waals surface area contributed by atoms with E-state index in [1.54, 1.807) is 0 Å². The third kappa shape index (κ3) is 3.66. The molecule has 0 aliphatic heterocycles. The number of hydrazone groups is 1. The summed E-state index contributed by atoms with van der Waals surface area (Å²) < 4.78 is 32.7. The number of methoxy groups -OCH3 is 1. The van der Waals surface area contributed by atoms with Gasteiger partial charge < -0.3 is 10.5 Å². The highest BCUT2D eigenvalue weighted by Gasteiger charge is 2.19. The summed E-state index contributed by atoms with van der Waals surface area (Å²) in [4.78, 5) is 11.8. The zero-order valence-corrected chi connectivity index (χ0v) is 12.6. The minimum Gasteiger partial charge on any atom is -0.465 e. The van der Waals surface area contributed by atoms with Gasteiger partial charge in [-0.3, -0.25) is 5.43 Å². The third-order valence-corrected chi connectivity index (χ3v) is 2.80. The van der Waals surface area contributed by atoms with Gasteiger partial charge in [-0.05, 0) is 24.4 Å². The first kappa shape index (κ1) is 16.5. The normalized spacial score (nSPS) is 10.7. The largest absolute Gasteiger partial charge is 0.465 e. The van der Waals surface area contributed by atoms with Crippen LogP contribution in [0.2, 0.25) is 0 Å². The van der Waals surface area contributed by atoms with Crippen molar-refractivity contribution in [2.75, 3.05) is 7.11 Å². The van der Waals surface area contributed by atoms with Gasteiger partial charge in [-0.15, -0.1) is 0 Å². The Morgan fingerprint density at radius 1 is 1.52 bits per heavy atom. The molecule has 2 aromatic rings. The number of rotatable bonds is 4. The number of nitrogens with two attached hydrogens (primary N) is 1. The first-order valence-corrected chi connectivity index (χ1v) is 6.55. The van der Waals surface area contributed by atoms with Gasteiger partial charge in [0.1, 0.15) is 22.8 Å². The van der Waals surface area contributed by atoms with Gasteiger partial charge >= 0.3 is 5.97 Å². The van der Waals surface area contributed by atoms with Crippen LogP contribution in [0.25, 0.3) is 5.69 Å². The molecule has 10 heteroatoms. The molecule has 2 rings (SSSR count). The predicted molar refractivity (Wildman–Crippen MR) is 82.3 cm³/mol. The van der Waals surface area contributed by atoms with Gasteiger partial charge in [0.05, 0.1) is 19.5 Å². The Labute approximate surface area is 134 Å². The summed E-state index contributed by atoms with van der Waals surface area (Å²) in [6.07, 6.45) is 2.35. The Bertz CT molecular complexity index is 791. The fourth-order valence-electron chi connectivity index (χ4n) is 1.75.